The molecule has 0 rings (SSSR count). The van der Waals surface area contributed by atoms with Crippen molar-refractivity contribution in [2.45, 2.75) is 224 Å². The van der Waals surface area contributed by atoms with Crippen molar-refractivity contribution in [3.63, 3.8) is 0 Å². The third-order valence-corrected chi connectivity index (χ3v) is 9.38. The van der Waals surface area contributed by atoms with E-state index in [9.17, 15) is 25.2 Å². The molecule has 5 N–H and O–H groups in total. The number of carbonyl (C=O) groups excluding carboxylic acids is 1. The van der Waals surface area contributed by atoms with Crippen LogP contribution in [0.3, 0.4) is 0 Å². The predicted molar refractivity (Wildman–Crippen MR) is 201 cm³/mol. The Kier molecular flexibility index (Phi) is 35.2. The van der Waals surface area contributed by atoms with E-state index in [-0.39, 0.29) is 0 Å². The first-order valence-corrected chi connectivity index (χ1v) is 20.2. The zero-order valence-corrected chi connectivity index (χ0v) is 31.0. The van der Waals surface area contributed by atoms with Crippen LogP contribution < -0.4 is 5.32 Å². The standard InChI is InChI=1S/C41H79NO5/c1-3-5-7-9-11-13-15-16-17-18-19-20-21-22-23-25-26-28-30-32-34-38(44)40(46)37(36-43)42-41(47)39(45)35-33-31-29-27-24-14-12-10-8-6-4-2/h12,14,26,28,37-40,43-46H,3-11,13,15-25,27,29-36H2,1-2H3,(H,42,47)/b14-12-,28-26+. The van der Waals surface area contributed by atoms with Gasteiger partial charge in [0.25, 0.3) is 0 Å². The molecule has 6 heteroatoms. The van der Waals surface area contributed by atoms with Gasteiger partial charge in [-0.25, -0.2) is 0 Å². The summed E-state index contributed by atoms with van der Waals surface area (Å²) in [5.41, 5.74) is 0. The van der Waals surface area contributed by atoms with Gasteiger partial charge in [0.1, 0.15) is 12.2 Å². The van der Waals surface area contributed by atoms with E-state index in [1.807, 2.05) is 0 Å². The molecule has 0 saturated carbocycles. The molecule has 0 aromatic rings. The van der Waals surface area contributed by atoms with Crippen molar-refractivity contribution in [1.82, 2.24) is 5.32 Å². The number of hydrogen-bond donors (Lipinski definition) is 5. The maximum atomic E-state index is 12.4. The highest BCUT2D eigenvalue weighted by Crippen LogP contribution is 2.15. The second kappa shape index (κ2) is 36.1. The maximum absolute atomic E-state index is 12.4. The van der Waals surface area contributed by atoms with Crippen LogP contribution >= 0.6 is 0 Å². The number of rotatable bonds is 36. The lowest BCUT2D eigenvalue weighted by Crippen LogP contribution is -2.53. The van der Waals surface area contributed by atoms with Crippen LogP contribution in [0, 0.1) is 0 Å². The molecule has 0 aromatic carbocycles. The second-order valence-corrected chi connectivity index (χ2v) is 14.0. The van der Waals surface area contributed by atoms with Gasteiger partial charge >= 0.3 is 0 Å². The fourth-order valence-corrected chi connectivity index (χ4v) is 6.10. The number of aliphatic hydroxyl groups is 4. The SMILES string of the molecule is CCCCC/C=C\CCCCCCC(O)C(=O)NC(CO)C(O)C(O)CCC/C=C/CCCCCCCCCCCCCCCCC. The lowest BCUT2D eigenvalue weighted by molar-refractivity contribution is -0.132. The Morgan fingerprint density at radius 3 is 1.32 bits per heavy atom. The van der Waals surface area contributed by atoms with E-state index in [4.69, 9.17) is 0 Å². The van der Waals surface area contributed by atoms with Crippen molar-refractivity contribution >= 4 is 5.91 Å². The van der Waals surface area contributed by atoms with Gasteiger partial charge in [-0.3, -0.25) is 4.79 Å². The molecule has 4 atom stereocenters. The largest absolute Gasteiger partial charge is 0.394 e. The third-order valence-electron chi connectivity index (χ3n) is 9.38. The molecule has 1 amide bonds. The van der Waals surface area contributed by atoms with Crippen molar-refractivity contribution in [2.75, 3.05) is 6.61 Å². The summed E-state index contributed by atoms with van der Waals surface area (Å²) >= 11 is 0. The topological polar surface area (TPSA) is 110 Å². The highest BCUT2D eigenvalue weighted by atomic mass is 16.3. The number of aliphatic hydroxyl groups excluding tert-OH is 4. The number of nitrogens with one attached hydrogen (secondary N) is 1. The number of carbonyl (C=O) groups is 1. The molecule has 4 unspecified atom stereocenters. The number of hydrogen-bond acceptors (Lipinski definition) is 5. The molecule has 0 heterocycles. The summed E-state index contributed by atoms with van der Waals surface area (Å²) in [6.45, 7) is 3.99. The highest BCUT2D eigenvalue weighted by molar-refractivity contribution is 5.80. The second-order valence-electron chi connectivity index (χ2n) is 14.0. The van der Waals surface area contributed by atoms with E-state index >= 15 is 0 Å². The molecule has 0 aromatic heterocycles. The maximum Gasteiger partial charge on any atom is 0.249 e. The molecule has 0 spiro atoms. The van der Waals surface area contributed by atoms with Crippen LogP contribution in [-0.2, 0) is 4.79 Å². The fraction of sp³-hybridized carbons (Fsp3) is 0.878. The van der Waals surface area contributed by atoms with Crippen molar-refractivity contribution in [3.8, 4) is 0 Å². The first kappa shape index (κ1) is 45.8. The van der Waals surface area contributed by atoms with Gasteiger partial charge in [-0.05, 0) is 64.2 Å². The zero-order valence-electron chi connectivity index (χ0n) is 31.0. The first-order valence-electron chi connectivity index (χ1n) is 20.2. The van der Waals surface area contributed by atoms with Gasteiger partial charge in [0.05, 0.1) is 18.8 Å². The van der Waals surface area contributed by atoms with Gasteiger partial charge in [-0.1, -0.05) is 160 Å². The minimum absolute atomic E-state index is 0.348. The lowest BCUT2D eigenvalue weighted by atomic mass is 10.00. The van der Waals surface area contributed by atoms with Gasteiger partial charge in [0.15, 0.2) is 0 Å². The van der Waals surface area contributed by atoms with Gasteiger partial charge in [-0.15, -0.1) is 0 Å². The van der Waals surface area contributed by atoms with E-state index in [1.165, 1.54) is 116 Å². The van der Waals surface area contributed by atoms with Gasteiger partial charge < -0.3 is 25.7 Å². The van der Waals surface area contributed by atoms with E-state index < -0.39 is 36.9 Å². The minimum Gasteiger partial charge on any atom is -0.394 e. The highest BCUT2D eigenvalue weighted by Gasteiger charge is 2.28. The van der Waals surface area contributed by atoms with E-state index in [0.717, 1.165) is 57.8 Å². The molecule has 6 nitrogen and oxygen atoms in total. The summed E-state index contributed by atoms with van der Waals surface area (Å²) in [5.74, 6) is -0.605. The summed E-state index contributed by atoms with van der Waals surface area (Å²) in [7, 11) is 0. The third kappa shape index (κ3) is 30.6. The monoisotopic (exact) mass is 666 g/mol. The Labute approximate surface area is 291 Å². The zero-order chi connectivity index (χ0) is 34.6. The molecule has 0 fully saturated rings. The molecule has 278 valence electrons. The van der Waals surface area contributed by atoms with E-state index in [1.54, 1.807) is 0 Å². The van der Waals surface area contributed by atoms with Crippen molar-refractivity contribution < 1.29 is 25.2 Å². The van der Waals surface area contributed by atoms with Crippen molar-refractivity contribution in [1.29, 1.82) is 0 Å². The molecule has 0 aliphatic heterocycles. The molecule has 0 radical (unpaired) electrons. The Morgan fingerprint density at radius 1 is 0.511 bits per heavy atom. The fourth-order valence-electron chi connectivity index (χ4n) is 6.10. The summed E-state index contributed by atoms with van der Waals surface area (Å²) in [6.07, 6.45) is 39.3. The number of amides is 1. The molecule has 0 saturated heterocycles. The smallest absolute Gasteiger partial charge is 0.249 e. The van der Waals surface area contributed by atoms with Gasteiger partial charge in [0, 0.05) is 0 Å². The van der Waals surface area contributed by atoms with Crippen LogP contribution in [0.5, 0.6) is 0 Å². The summed E-state index contributed by atoms with van der Waals surface area (Å²) in [4.78, 5) is 12.4. The van der Waals surface area contributed by atoms with Gasteiger partial charge in [0.2, 0.25) is 5.91 Å². The molecular formula is C41H79NO5. The molecule has 0 aliphatic carbocycles. The summed E-state index contributed by atoms with van der Waals surface area (Å²) in [5, 5.41) is 43.4. The Bertz CT molecular complexity index is 712. The summed E-state index contributed by atoms with van der Waals surface area (Å²) < 4.78 is 0. The average molecular weight is 666 g/mol. The average Bonchev–Trinajstić information content (AvgIpc) is 3.07. The lowest BCUT2D eigenvalue weighted by Gasteiger charge is -2.27. The van der Waals surface area contributed by atoms with Crippen LogP contribution in [0.25, 0.3) is 0 Å². The Hall–Kier alpha value is -1.21. The minimum atomic E-state index is -1.28. The summed E-state index contributed by atoms with van der Waals surface area (Å²) in [6, 6.07) is -1.00. The Morgan fingerprint density at radius 2 is 0.872 bits per heavy atom. The quantitative estimate of drug-likeness (QED) is 0.0338. The molecule has 0 bridgehead atoms. The number of allylic oxidation sites excluding steroid dienone is 4. The normalized spacial score (nSPS) is 14.6. The molecule has 0 aliphatic rings. The van der Waals surface area contributed by atoms with Crippen LogP contribution in [0.4, 0.5) is 0 Å². The first-order chi connectivity index (χ1) is 23.0. The molecule has 47 heavy (non-hydrogen) atoms. The van der Waals surface area contributed by atoms with Crippen LogP contribution in [0.15, 0.2) is 24.3 Å². The van der Waals surface area contributed by atoms with Gasteiger partial charge in [-0.2, -0.15) is 0 Å². The molecular weight excluding hydrogens is 586 g/mol. The van der Waals surface area contributed by atoms with Crippen molar-refractivity contribution in [2.24, 2.45) is 0 Å². The Balaban J connectivity index is 3.79. The van der Waals surface area contributed by atoms with Crippen molar-refractivity contribution in [3.05, 3.63) is 24.3 Å². The van der Waals surface area contributed by atoms with Crippen LogP contribution in [0.2, 0.25) is 0 Å². The van der Waals surface area contributed by atoms with E-state index in [0.29, 0.717) is 12.8 Å². The van der Waals surface area contributed by atoms with E-state index in [2.05, 4.69) is 43.5 Å². The van der Waals surface area contributed by atoms with Crippen LogP contribution in [-0.4, -0.2) is 57.3 Å². The predicted octanol–water partition coefficient (Wildman–Crippen LogP) is 10.0. The van der Waals surface area contributed by atoms with Crippen LogP contribution in [0.1, 0.15) is 200 Å². The number of unbranched alkanes of at least 4 members (excludes halogenated alkanes) is 23.